The molecule has 1 atom stereocenters. The fraction of sp³-hybridized carbons (Fsp3) is 0.150. The zero-order valence-electron chi connectivity index (χ0n) is 16.4. The third-order valence-corrected chi connectivity index (χ3v) is 4.78. The molecule has 31 heavy (non-hydrogen) atoms. The van der Waals surface area contributed by atoms with E-state index in [0.717, 1.165) is 10.0 Å². The summed E-state index contributed by atoms with van der Waals surface area (Å²) in [6.45, 7) is 1.36. The van der Waals surface area contributed by atoms with Crippen molar-refractivity contribution in [2.45, 2.75) is 13.0 Å². The number of methoxy groups -OCH3 is 1. The minimum absolute atomic E-state index is 0.0437. The zero-order valence-corrected chi connectivity index (χ0v) is 18.0. The number of esters is 1. The lowest BCUT2D eigenvalue weighted by molar-refractivity contribution is -0.384. The number of aromatic nitrogens is 2. The number of nitrogens with zero attached hydrogens (tertiary/aromatic N) is 2. The average Bonchev–Trinajstić information content (AvgIpc) is 3.24. The molecule has 0 bridgehead atoms. The van der Waals surface area contributed by atoms with Crippen LogP contribution in [0.15, 0.2) is 53.0 Å². The fourth-order valence-electron chi connectivity index (χ4n) is 2.60. The first-order chi connectivity index (χ1) is 14.8. The number of nitrogens with one attached hydrogen (secondary N) is 2. The molecule has 1 heterocycles. The van der Waals surface area contributed by atoms with Gasteiger partial charge in [-0.3, -0.25) is 20.0 Å². The van der Waals surface area contributed by atoms with Crippen LogP contribution in [0.25, 0.3) is 11.3 Å². The number of nitro groups is 1. The molecule has 160 valence electrons. The Bertz CT molecular complexity index is 1130. The molecule has 3 aromatic rings. The van der Waals surface area contributed by atoms with Crippen LogP contribution in [0.1, 0.15) is 17.4 Å². The van der Waals surface area contributed by atoms with E-state index in [1.807, 2.05) is 24.3 Å². The lowest BCUT2D eigenvalue weighted by Crippen LogP contribution is -2.30. The van der Waals surface area contributed by atoms with Gasteiger partial charge in [0.1, 0.15) is 17.1 Å². The van der Waals surface area contributed by atoms with Crippen LogP contribution in [-0.4, -0.2) is 40.2 Å². The van der Waals surface area contributed by atoms with Crippen LogP contribution in [0, 0.1) is 10.1 Å². The van der Waals surface area contributed by atoms with Crippen LogP contribution in [0.4, 0.5) is 11.4 Å². The van der Waals surface area contributed by atoms with E-state index in [1.54, 1.807) is 0 Å². The first-order valence-electron chi connectivity index (χ1n) is 8.94. The van der Waals surface area contributed by atoms with Crippen LogP contribution < -0.4 is 10.1 Å². The normalized spacial score (nSPS) is 11.5. The molecule has 1 amide bonds. The van der Waals surface area contributed by atoms with Gasteiger partial charge >= 0.3 is 5.97 Å². The molecule has 0 aliphatic carbocycles. The number of hydrogen-bond donors (Lipinski definition) is 2. The van der Waals surface area contributed by atoms with Crippen LogP contribution >= 0.6 is 15.9 Å². The molecular formula is C20H17BrN4O6. The first-order valence-corrected chi connectivity index (χ1v) is 9.73. The van der Waals surface area contributed by atoms with Gasteiger partial charge in [-0.1, -0.05) is 28.1 Å². The number of H-pyrrole nitrogens is 1. The predicted molar refractivity (Wildman–Crippen MR) is 115 cm³/mol. The second-order valence-electron chi connectivity index (χ2n) is 6.35. The fourth-order valence-corrected chi connectivity index (χ4v) is 2.87. The van der Waals surface area contributed by atoms with E-state index >= 15 is 0 Å². The summed E-state index contributed by atoms with van der Waals surface area (Å²) in [5.74, 6) is -1.25. The Labute approximate surface area is 184 Å². The Kier molecular flexibility index (Phi) is 6.65. The van der Waals surface area contributed by atoms with E-state index < -0.39 is 22.9 Å². The topological polar surface area (TPSA) is 136 Å². The van der Waals surface area contributed by atoms with E-state index in [0.29, 0.717) is 5.69 Å². The van der Waals surface area contributed by atoms with Crippen LogP contribution in [-0.2, 0) is 9.53 Å². The number of benzene rings is 2. The Morgan fingerprint density at radius 2 is 1.90 bits per heavy atom. The van der Waals surface area contributed by atoms with Crippen molar-refractivity contribution in [2.75, 3.05) is 12.4 Å². The largest absolute Gasteiger partial charge is 0.496 e. The second kappa shape index (κ2) is 9.39. The van der Waals surface area contributed by atoms with Crippen molar-refractivity contribution < 1.29 is 24.0 Å². The summed E-state index contributed by atoms with van der Waals surface area (Å²) >= 11 is 3.35. The van der Waals surface area contributed by atoms with E-state index in [2.05, 4.69) is 31.4 Å². The minimum atomic E-state index is -1.21. The number of anilines is 1. The zero-order chi connectivity index (χ0) is 22.5. The highest BCUT2D eigenvalue weighted by atomic mass is 79.9. The highest BCUT2D eigenvalue weighted by Crippen LogP contribution is 2.29. The molecule has 3 rings (SSSR count). The predicted octanol–water partition coefficient (Wildman–Crippen LogP) is 3.94. The molecule has 1 aromatic heterocycles. The first kappa shape index (κ1) is 22.0. The molecule has 0 saturated carbocycles. The van der Waals surface area contributed by atoms with Gasteiger partial charge < -0.3 is 14.8 Å². The van der Waals surface area contributed by atoms with Gasteiger partial charge in [-0.15, -0.1) is 0 Å². The number of rotatable bonds is 7. The highest BCUT2D eigenvalue weighted by molar-refractivity contribution is 9.10. The standard InChI is InChI=1S/C20H17BrN4O6/c1-11(19(26)22-15-8-7-14(30-2)9-18(15)25(28)29)31-20(27)17-10-16(23-24-17)12-3-5-13(21)6-4-12/h3-11H,1-2H3,(H,22,26)(H,23,24). The van der Waals surface area contributed by atoms with Gasteiger partial charge in [-0.25, -0.2) is 4.79 Å². The van der Waals surface area contributed by atoms with Gasteiger partial charge in [-0.05, 0) is 37.3 Å². The molecule has 1 unspecified atom stereocenters. The molecule has 2 N–H and O–H groups in total. The number of aromatic amines is 1. The maximum absolute atomic E-state index is 12.4. The number of carbonyl (C=O) groups is 2. The summed E-state index contributed by atoms with van der Waals surface area (Å²) in [4.78, 5) is 35.4. The van der Waals surface area contributed by atoms with E-state index in [4.69, 9.17) is 9.47 Å². The number of hydrogen-bond acceptors (Lipinski definition) is 7. The lowest BCUT2D eigenvalue weighted by atomic mass is 10.1. The molecule has 0 aliphatic heterocycles. The summed E-state index contributed by atoms with van der Waals surface area (Å²) in [5, 5.41) is 20.3. The molecule has 11 heteroatoms. The highest BCUT2D eigenvalue weighted by Gasteiger charge is 2.24. The molecule has 0 radical (unpaired) electrons. The van der Waals surface area contributed by atoms with E-state index in [1.165, 1.54) is 38.3 Å². The summed E-state index contributed by atoms with van der Waals surface area (Å²) in [6, 6.07) is 12.8. The monoisotopic (exact) mass is 488 g/mol. The van der Waals surface area contributed by atoms with Crippen molar-refractivity contribution >= 4 is 39.2 Å². The van der Waals surface area contributed by atoms with Crippen molar-refractivity contribution in [1.29, 1.82) is 0 Å². The van der Waals surface area contributed by atoms with Crippen LogP contribution in [0.3, 0.4) is 0 Å². The molecule has 0 saturated heterocycles. The quantitative estimate of drug-likeness (QED) is 0.291. The second-order valence-corrected chi connectivity index (χ2v) is 7.27. The van der Waals surface area contributed by atoms with Gasteiger partial charge in [0.2, 0.25) is 0 Å². The number of amides is 1. The van der Waals surface area contributed by atoms with Crippen LogP contribution in [0.5, 0.6) is 5.75 Å². The maximum Gasteiger partial charge on any atom is 0.357 e. The third-order valence-electron chi connectivity index (χ3n) is 4.25. The summed E-state index contributed by atoms with van der Waals surface area (Å²) in [5.41, 5.74) is 0.992. The molecule has 0 spiro atoms. The maximum atomic E-state index is 12.4. The number of nitro benzene ring substituents is 1. The Morgan fingerprint density at radius 1 is 1.19 bits per heavy atom. The van der Waals surface area contributed by atoms with Crippen molar-refractivity contribution in [2.24, 2.45) is 0 Å². The van der Waals surface area contributed by atoms with Crippen molar-refractivity contribution in [3.8, 4) is 17.0 Å². The lowest BCUT2D eigenvalue weighted by Gasteiger charge is -2.13. The SMILES string of the molecule is COc1ccc(NC(=O)C(C)OC(=O)c2cc(-c3ccc(Br)cc3)n[nH]2)c([N+](=O)[O-])c1. The molecule has 0 fully saturated rings. The summed E-state index contributed by atoms with van der Waals surface area (Å²) in [7, 11) is 1.37. The molecule has 0 aliphatic rings. The number of ether oxygens (including phenoxy) is 2. The summed E-state index contributed by atoms with van der Waals surface area (Å²) in [6.07, 6.45) is -1.21. The van der Waals surface area contributed by atoms with Gasteiger partial charge in [0.15, 0.2) is 6.10 Å². The van der Waals surface area contributed by atoms with Gasteiger partial charge in [0.25, 0.3) is 11.6 Å². The Hall–Kier alpha value is -3.73. The molecule has 10 nitrogen and oxygen atoms in total. The summed E-state index contributed by atoms with van der Waals surface area (Å²) < 4.78 is 11.0. The molecular weight excluding hydrogens is 472 g/mol. The smallest absolute Gasteiger partial charge is 0.357 e. The Balaban J connectivity index is 1.67. The minimum Gasteiger partial charge on any atom is -0.496 e. The number of carbonyl (C=O) groups excluding carboxylic acids is 2. The van der Waals surface area contributed by atoms with E-state index in [-0.39, 0.29) is 22.8 Å². The van der Waals surface area contributed by atoms with Crippen LogP contribution in [0.2, 0.25) is 0 Å². The van der Waals surface area contributed by atoms with Crippen molar-refractivity contribution in [3.63, 3.8) is 0 Å². The van der Waals surface area contributed by atoms with Crippen molar-refractivity contribution in [1.82, 2.24) is 10.2 Å². The number of halogens is 1. The third kappa shape index (κ3) is 5.25. The van der Waals surface area contributed by atoms with Crippen molar-refractivity contribution in [3.05, 3.63) is 68.8 Å². The Morgan fingerprint density at radius 3 is 2.55 bits per heavy atom. The van der Waals surface area contributed by atoms with Gasteiger partial charge in [0.05, 0.1) is 23.8 Å². The molecule has 2 aromatic carbocycles. The van der Waals surface area contributed by atoms with Gasteiger partial charge in [-0.2, -0.15) is 5.10 Å². The average molecular weight is 489 g/mol. The van der Waals surface area contributed by atoms with Gasteiger partial charge in [0, 0.05) is 10.0 Å². The van der Waals surface area contributed by atoms with E-state index in [9.17, 15) is 19.7 Å².